The molecule has 0 N–H and O–H groups in total. The van der Waals surface area contributed by atoms with Gasteiger partial charge in [-0.3, -0.25) is 4.57 Å². The van der Waals surface area contributed by atoms with Crippen LogP contribution in [0, 0.1) is 5.92 Å². The van der Waals surface area contributed by atoms with E-state index >= 15 is 0 Å². The SMILES string of the molecule is O=c1oc2ccc(-c3ccc(OC(F)(F)F)cc3)cc2n1C[C@H]1CCCOC1. The molecule has 28 heavy (non-hydrogen) atoms. The van der Waals surface area contributed by atoms with Gasteiger partial charge in [0, 0.05) is 19.1 Å². The van der Waals surface area contributed by atoms with E-state index in [1.807, 2.05) is 6.07 Å². The first kappa shape index (κ1) is 18.6. The Kier molecular flexibility index (Phi) is 4.89. The second kappa shape index (κ2) is 7.35. The van der Waals surface area contributed by atoms with Crippen LogP contribution < -0.4 is 10.5 Å². The third kappa shape index (κ3) is 4.06. The number of halogens is 3. The third-order valence-electron chi connectivity index (χ3n) is 4.78. The summed E-state index contributed by atoms with van der Waals surface area (Å²) in [6, 6.07) is 10.9. The molecule has 8 heteroatoms. The molecule has 4 rings (SSSR count). The molecule has 0 spiro atoms. The second-order valence-corrected chi connectivity index (χ2v) is 6.82. The van der Waals surface area contributed by atoms with Crippen LogP contribution in [0.25, 0.3) is 22.2 Å². The molecule has 2 heterocycles. The Labute approximate surface area is 158 Å². The summed E-state index contributed by atoms with van der Waals surface area (Å²) in [5.41, 5.74) is 2.60. The number of oxazole rings is 1. The summed E-state index contributed by atoms with van der Waals surface area (Å²) in [6.45, 7) is 1.86. The second-order valence-electron chi connectivity index (χ2n) is 6.82. The molecule has 0 aliphatic carbocycles. The van der Waals surface area contributed by atoms with Gasteiger partial charge in [-0.1, -0.05) is 18.2 Å². The van der Waals surface area contributed by atoms with Crippen LogP contribution in [-0.2, 0) is 11.3 Å². The Morgan fingerprint density at radius 1 is 1.11 bits per heavy atom. The molecule has 5 nitrogen and oxygen atoms in total. The number of rotatable bonds is 4. The Morgan fingerprint density at radius 3 is 2.54 bits per heavy atom. The molecule has 1 saturated heterocycles. The van der Waals surface area contributed by atoms with E-state index in [1.165, 1.54) is 12.1 Å². The highest BCUT2D eigenvalue weighted by Gasteiger charge is 2.31. The average molecular weight is 393 g/mol. The van der Waals surface area contributed by atoms with Crippen LogP contribution in [0.4, 0.5) is 13.2 Å². The maximum Gasteiger partial charge on any atom is 0.573 e. The number of fused-ring (bicyclic) bond motifs is 1. The molecule has 0 bridgehead atoms. The summed E-state index contributed by atoms with van der Waals surface area (Å²) >= 11 is 0. The number of ether oxygens (including phenoxy) is 2. The van der Waals surface area contributed by atoms with Crippen molar-refractivity contribution in [1.29, 1.82) is 0 Å². The van der Waals surface area contributed by atoms with Crippen molar-refractivity contribution in [2.75, 3.05) is 13.2 Å². The molecule has 1 aliphatic heterocycles. The molecule has 148 valence electrons. The van der Waals surface area contributed by atoms with Crippen molar-refractivity contribution < 1.29 is 27.1 Å². The van der Waals surface area contributed by atoms with Crippen LogP contribution in [0.3, 0.4) is 0 Å². The molecular weight excluding hydrogens is 375 g/mol. The maximum atomic E-state index is 12.3. The molecular formula is C20H18F3NO4. The molecule has 1 fully saturated rings. The van der Waals surface area contributed by atoms with Crippen molar-refractivity contribution in [1.82, 2.24) is 4.57 Å². The highest BCUT2D eigenvalue weighted by atomic mass is 19.4. The van der Waals surface area contributed by atoms with Gasteiger partial charge in [0.2, 0.25) is 0 Å². The van der Waals surface area contributed by atoms with E-state index in [1.54, 1.807) is 28.8 Å². The predicted molar refractivity (Wildman–Crippen MR) is 96.1 cm³/mol. The highest BCUT2D eigenvalue weighted by Crippen LogP contribution is 2.29. The van der Waals surface area contributed by atoms with Gasteiger partial charge in [0.15, 0.2) is 5.58 Å². The standard InChI is InChI=1S/C20H18F3NO4/c21-20(22,23)28-16-6-3-14(4-7-16)15-5-8-18-17(10-15)24(19(25)27-18)11-13-2-1-9-26-12-13/h3-8,10,13H,1-2,9,11-12H2/t13-/m1/s1. The molecule has 0 amide bonds. The Morgan fingerprint density at radius 2 is 1.86 bits per heavy atom. The van der Waals surface area contributed by atoms with Crippen molar-refractivity contribution in [3.05, 3.63) is 53.0 Å². The Hall–Kier alpha value is -2.74. The maximum absolute atomic E-state index is 12.3. The van der Waals surface area contributed by atoms with Crippen molar-refractivity contribution in [3.8, 4) is 16.9 Å². The first-order valence-corrected chi connectivity index (χ1v) is 8.96. The molecule has 1 aliphatic rings. The zero-order chi connectivity index (χ0) is 19.7. The van der Waals surface area contributed by atoms with Gasteiger partial charge in [0.05, 0.1) is 12.1 Å². The topological polar surface area (TPSA) is 53.6 Å². The molecule has 0 radical (unpaired) electrons. The lowest BCUT2D eigenvalue weighted by Gasteiger charge is -2.21. The van der Waals surface area contributed by atoms with Crippen LogP contribution in [-0.4, -0.2) is 24.1 Å². The molecule has 3 aromatic rings. The molecule has 1 aromatic heterocycles. The number of hydrogen-bond acceptors (Lipinski definition) is 4. The zero-order valence-corrected chi connectivity index (χ0v) is 14.9. The quantitative estimate of drug-likeness (QED) is 0.651. The zero-order valence-electron chi connectivity index (χ0n) is 14.9. The van der Waals surface area contributed by atoms with Gasteiger partial charge in [-0.15, -0.1) is 13.2 Å². The third-order valence-corrected chi connectivity index (χ3v) is 4.78. The van der Waals surface area contributed by atoms with E-state index in [-0.39, 0.29) is 11.7 Å². The smallest absolute Gasteiger partial charge is 0.408 e. The summed E-state index contributed by atoms with van der Waals surface area (Å²) in [5, 5.41) is 0. The van der Waals surface area contributed by atoms with Gasteiger partial charge < -0.3 is 13.9 Å². The van der Waals surface area contributed by atoms with E-state index in [2.05, 4.69) is 4.74 Å². The highest BCUT2D eigenvalue weighted by molar-refractivity contribution is 5.80. The van der Waals surface area contributed by atoms with Crippen molar-refractivity contribution >= 4 is 11.1 Å². The fourth-order valence-electron chi connectivity index (χ4n) is 3.47. The van der Waals surface area contributed by atoms with Crippen LogP contribution in [0.15, 0.2) is 51.7 Å². The first-order chi connectivity index (χ1) is 13.4. The lowest BCUT2D eigenvalue weighted by molar-refractivity contribution is -0.274. The summed E-state index contributed by atoms with van der Waals surface area (Å²) in [7, 11) is 0. The van der Waals surface area contributed by atoms with Gasteiger partial charge >= 0.3 is 12.1 Å². The van der Waals surface area contributed by atoms with E-state index in [9.17, 15) is 18.0 Å². The molecule has 0 unspecified atom stereocenters. The van der Waals surface area contributed by atoms with Gasteiger partial charge in [-0.25, -0.2) is 4.79 Å². The number of nitrogens with zero attached hydrogens (tertiary/aromatic N) is 1. The van der Waals surface area contributed by atoms with Crippen LogP contribution >= 0.6 is 0 Å². The minimum atomic E-state index is -4.73. The van der Waals surface area contributed by atoms with E-state index in [4.69, 9.17) is 9.15 Å². The Balaban J connectivity index is 1.63. The molecule has 2 aromatic carbocycles. The summed E-state index contributed by atoms with van der Waals surface area (Å²) in [5.74, 6) is -0.462. The van der Waals surface area contributed by atoms with Gasteiger partial charge in [-0.2, -0.15) is 0 Å². The molecule has 0 saturated carbocycles. The van der Waals surface area contributed by atoms with Crippen LogP contribution in [0.2, 0.25) is 0 Å². The lowest BCUT2D eigenvalue weighted by atomic mass is 10.0. The summed E-state index contributed by atoms with van der Waals surface area (Å²) < 4.78 is 53.2. The van der Waals surface area contributed by atoms with Gasteiger partial charge in [-0.05, 0) is 48.2 Å². The average Bonchev–Trinajstić information content (AvgIpc) is 2.97. The minimum Gasteiger partial charge on any atom is -0.408 e. The summed E-state index contributed by atoms with van der Waals surface area (Å²) in [6.07, 6.45) is -2.78. The van der Waals surface area contributed by atoms with E-state index in [0.717, 1.165) is 25.0 Å². The fourth-order valence-corrected chi connectivity index (χ4v) is 3.47. The number of benzene rings is 2. The first-order valence-electron chi connectivity index (χ1n) is 8.96. The lowest BCUT2D eigenvalue weighted by Crippen LogP contribution is -2.26. The van der Waals surface area contributed by atoms with Gasteiger partial charge in [0.25, 0.3) is 0 Å². The number of alkyl halides is 3. The molecule has 1 atom stereocenters. The monoisotopic (exact) mass is 393 g/mol. The van der Waals surface area contributed by atoms with Crippen molar-refractivity contribution in [2.45, 2.75) is 25.7 Å². The van der Waals surface area contributed by atoms with Crippen LogP contribution in [0.5, 0.6) is 5.75 Å². The van der Waals surface area contributed by atoms with Crippen LogP contribution in [0.1, 0.15) is 12.8 Å². The predicted octanol–water partition coefficient (Wildman–Crippen LogP) is 4.59. The largest absolute Gasteiger partial charge is 0.573 e. The van der Waals surface area contributed by atoms with E-state index < -0.39 is 12.1 Å². The van der Waals surface area contributed by atoms with Crippen molar-refractivity contribution in [3.63, 3.8) is 0 Å². The van der Waals surface area contributed by atoms with Gasteiger partial charge in [0.1, 0.15) is 5.75 Å². The fraction of sp³-hybridized carbons (Fsp3) is 0.350. The number of aromatic nitrogens is 1. The number of hydrogen-bond donors (Lipinski definition) is 0. The normalized spacial score (nSPS) is 17.8. The van der Waals surface area contributed by atoms with E-state index in [0.29, 0.717) is 29.8 Å². The summed E-state index contributed by atoms with van der Waals surface area (Å²) in [4.78, 5) is 12.3. The minimum absolute atomic E-state index is 0.245. The Bertz CT molecular complexity index is 1010. The van der Waals surface area contributed by atoms with Crippen molar-refractivity contribution in [2.24, 2.45) is 5.92 Å².